The SMILES string of the molecule is CN/C(=C1/CCN(C(=O)c2cc(F)cc(CC/C(N)=C/NN)c2Cl)[C@H](C)C1=N)c1cc(F)cc(F)c1. The van der Waals surface area contributed by atoms with Gasteiger partial charge in [-0.2, -0.15) is 0 Å². The molecule has 0 radical (unpaired) electrons. The van der Waals surface area contributed by atoms with Crippen LogP contribution in [-0.4, -0.2) is 36.2 Å². The Balaban J connectivity index is 1.90. The molecule has 2 aromatic rings. The average molecular weight is 521 g/mol. The molecule has 7 nitrogen and oxygen atoms in total. The number of carbonyl (C=O) groups excluding carboxylic acids is 1. The number of piperidine rings is 1. The number of nitrogens with two attached hydrogens (primary N) is 2. The molecule has 1 saturated heterocycles. The number of benzene rings is 2. The van der Waals surface area contributed by atoms with Crippen molar-refractivity contribution in [2.45, 2.75) is 32.2 Å². The monoisotopic (exact) mass is 520 g/mol. The Hall–Kier alpha value is -3.50. The lowest BCUT2D eigenvalue weighted by Gasteiger charge is -2.36. The Morgan fingerprint density at radius 3 is 2.44 bits per heavy atom. The molecule has 0 bridgehead atoms. The maximum absolute atomic E-state index is 14.4. The van der Waals surface area contributed by atoms with E-state index >= 15 is 0 Å². The number of aryl methyl sites for hydroxylation is 1. The number of rotatable bonds is 7. The lowest BCUT2D eigenvalue weighted by molar-refractivity contribution is 0.0728. The summed E-state index contributed by atoms with van der Waals surface area (Å²) in [6.45, 7) is 1.86. The standard InChI is InChI=1S/C25H28ClF3N6O/c1-13-23(31)20(24(33-2)15-8-16(27)10-17(28)9-15)5-6-35(13)25(36)21-11-18(29)7-14(22(21)26)3-4-19(30)12-34-32/h7-13,31,33-34H,3-6,30,32H2,1-2H3/b19-12-,24-20-,31-23?/t13-/m1/s1. The summed E-state index contributed by atoms with van der Waals surface area (Å²) in [5.41, 5.74) is 10.3. The number of carbonyl (C=O) groups is 1. The van der Waals surface area contributed by atoms with E-state index in [0.29, 0.717) is 29.0 Å². The van der Waals surface area contributed by atoms with Crippen LogP contribution in [0.15, 0.2) is 47.8 Å². The summed E-state index contributed by atoms with van der Waals surface area (Å²) in [7, 11) is 1.60. The van der Waals surface area contributed by atoms with Gasteiger partial charge in [0.2, 0.25) is 0 Å². The maximum atomic E-state index is 14.4. The summed E-state index contributed by atoms with van der Waals surface area (Å²) >= 11 is 6.49. The molecule has 7 N–H and O–H groups in total. The number of hydrazine groups is 1. The van der Waals surface area contributed by atoms with Gasteiger partial charge < -0.3 is 26.8 Å². The van der Waals surface area contributed by atoms with E-state index in [2.05, 4.69) is 10.7 Å². The molecule has 1 fully saturated rings. The number of likely N-dealkylation sites (tertiary alicyclic amines) is 1. The molecule has 0 spiro atoms. The quantitative estimate of drug-likeness (QED) is 0.281. The minimum atomic E-state index is -0.737. The highest BCUT2D eigenvalue weighted by Gasteiger charge is 2.33. The molecule has 3 rings (SSSR count). The van der Waals surface area contributed by atoms with Crippen LogP contribution in [0.3, 0.4) is 0 Å². The van der Waals surface area contributed by atoms with Crippen molar-refractivity contribution in [1.29, 1.82) is 5.41 Å². The van der Waals surface area contributed by atoms with E-state index in [0.717, 1.165) is 12.1 Å². The zero-order valence-electron chi connectivity index (χ0n) is 19.9. The van der Waals surface area contributed by atoms with Crippen molar-refractivity contribution in [2.24, 2.45) is 11.6 Å². The van der Waals surface area contributed by atoms with E-state index in [4.69, 9.17) is 28.6 Å². The second kappa shape index (κ2) is 11.5. The Labute approximate surface area is 212 Å². The Bertz CT molecular complexity index is 1230. The van der Waals surface area contributed by atoms with Crippen molar-refractivity contribution in [3.63, 3.8) is 0 Å². The molecule has 1 aliphatic heterocycles. The van der Waals surface area contributed by atoms with Gasteiger partial charge in [0.05, 0.1) is 22.3 Å². The average Bonchev–Trinajstić information content (AvgIpc) is 2.82. The molecule has 11 heteroatoms. The van der Waals surface area contributed by atoms with Crippen LogP contribution in [0.25, 0.3) is 5.70 Å². The smallest absolute Gasteiger partial charge is 0.256 e. The first-order valence-corrected chi connectivity index (χ1v) is 11.6. The van der Waals surface area contributed by atoms with E-state index in [1.54, 1.807) is 14.0 Å². The van der Waals surface area contributed by atoms with Crippen LogP contribution in [-0.2, 0) is 6.42 Å². The Morgan fingerprint density at radius 1 is 1.19 bits per heavy atom. The molecule has 0 saturated carbocycles. The van der Waals surface area contributed by atoms with Crippen LogP contribution >= 0.6 is 11.6 Å². The summed E-state index contributed by atoms with van der Waals surface area (Å²) in [5.74, 6) is 2.59. The van der Waals surface area contributed by atoms with Gasteiger partial charge in [-0.25, -0.2) is 13.2 Å². The van der Waals surface area contributed by atoms with Crippen molar-refractivity contribution in [1.82, 2.24) is 15.6 Å². The molecule has 1 heterocycles. The number of nitrogens with zero attached hydrogens (tertiary/aromatic N) is 1. The second-order valence-electron chi connectivity index (χ2n) is 8.41. The number of amides is 1. The Kier molecular flexibility index (Phi) is 8.65. The van der Waals surface area contributed by atoms with Crippen LogP contribution in [0.1, 0.15) is 41.3 Å². The van der Waals surface area contributed by atoms with Gasteiger partial charge in [-0.15, -0.1) is 0 Å². The molecule has 0 aromatic heterocycles. The highest BCUT2D eigenvalue weighted by Crippen LogP contribution is 2.31. The number of halogens is 4. The third-order valence-electron chi connectivity index (χ3n) is 6.07. The summed E-state index contributed by atoms with van der Waals surface area (Å²) in [6.07, 6.45) is 2.28. The highest BCUT2D eigenvalue weighted by atomic mass is 35.5. The van der Waals surface area contributed by atoms with E-state index in [1.165, 1.54) is 29.3 Å². The largest absolute Gasteiger partial charge is 0.401 e. The molecule has 36 heavy (non-hydrogen) atoms. The van der Waals surface area contributed by atoms with Gasteiger partial charge in [0, 0.05) is 48.4 Å². The lowest BCUT2D eigenvalue weighted by Crippen LogP contribution is -2.48. The van der Waals surface area contributed by atoms with E-state index < -0.39 is 29.4 Å². The molecule has 0 aliphatic carbocycles. The minimum absolute atomic E-state index is 0.0145. The van der Waals surface area contributed by atoms with Gasteiger partial charge in [0.15, 0.2) is 0 Å². The van der Waals surface area contributed by atoms with Crippen molar-refractivity contribution in [3.8, 4) is 0 Å². The fraction of sp³-hybridized carbons (Fsp3) is 0.280. The molecular weight excluding hydrogens is 493 g/mol. The van der Waals surface area contributed by atoms with Gasteiger partial charge in [-0.1, -0.05) is 11.6 Å². The van der Waals surface area contributed by atoms with Crippen LogP contribution in [0.2, 0.25) is 5.02 Å². The van der Waals surface area contributed by atoms with Crippen molar-refractivity contribution in [2.75, 3.05) is 13.6 Å². The number of nitrogens with one attached hydrogen (secondary N) is 3. The molecule has 192 valence electrons. The first kappa shape index (κ1) is 27.1. The van der Waals surface area contributed by atoms with Crippen LogP contribution in [0, 0.1) is 22.9 Å². The summed E-state index contributed by atoms with van der Waals surface area (Å²) in [6, 6.07) is 4.76. The molecule has 1 amide bonds. The highest BCUT2D eigenvalue weighted by molar-refractivity contribution is 6.34. The summed E-state index contributed by atoms with van der Waals surface area (Å²) < 4.78 is 42.0. The summed E-state index contributed by atoms with van der Waals surface area (Å²) in [4.78, 5) is 14.8. The molecule has 0 unspecified atom stereocenters. The van der Waals surface area contributed by atoms with Crippen molar-refractivity contribution in [3.05, 3.63) is 87.0 Å². The van der Waals surface area contributed by atoms with Gasteiger partial charge in [-0.3, -0.25) is 10.6 Å². The van der Waals surface area contributed by atoms with E-state index in [9.17, 15) is 18.0 Å². The second-order valence-corrected chi connectivity index (χ2v) is 8.79. The molecule has 1 atom stereocenters. The molecule has 2 aromatic carbocycles. The zero-order valence-corrected chi connectivity index (χ0v) is 20.6. The normalized spacial score (nSPS) is 17.8. The summed E-state index contributed by atoms with van der Waals surface area (Å²) in [5, 5.41) is 11.7. The van der Waals surface area contributed by atoms with Gasteiger partial charge >= 0.3 is 0 Å². The van der Waals surface area contributed by atoms with Crippen LogP contribution < -0.4 is 22.3 Å². The number of hydrogen-bond acceptors (Lipinski definition) is 6. The van der Waals surface area contributed by atoms with Gasteiger partial charge in [0.25, 0.3) is 5.91 Å². The van der Waals surface area contributed by atoms with Gasteiger partial charge in [-0.05, 0) is 56.0 Å². The lowest BCUT2D eigenvalue weighted by atomic mass is 9.90. The van der Waals surface area contributed by atoms with Gasteiger partial charge in [0.1, 0.15) is 17.5 Å². The van der Waals surface area contributed by atoms with Crippen molar-refractivity contribution >= 4 is 28.9 Å². The van der Waals surface area contributed by atoms with Crippen molar-refractivity contribution < 1.29 is 18.0 Å². The maximum Gasteiger partial charge on any atom is 0.256 e. The number of hydrogen-bond donors (Lipinski definition) is 5. The first-order chi connectivity index (χ1) is 17.1. The zero-order chi connectivity index (χ0) is 26.6. The van der Waals surface area contributed by atoms with E-state index in [1.807, 2.05) is 0 Å². The fourth-order valence-electron chi connectivity index (χ4n) is 4.27. The van der Waals surface area contributed by atoms with Crippen LogP contribution in [0.5, 0.6) is 0 Å². The fourth-order valence-corrected chi connectivity index (χ4v) is 4.55. The topological polar surface area (TPSA) is 120 Å². The predicted octanol–water partition coefficient (Wildman–Crippen LogP) is 3.84. The third kappa shape index (κ3) is 5.83. The molecular formula is C25H28ClF3N6O. The third-order valence-corrected chi connectivity index (χ3v) is 6.52. The van der Waals surface area contributed by atoms with E-state index in [-0.39, 0.29) is 41.2 Å². The Morgan fingerprint density at radius 2 is 1.83 bits per heavy atom. The predicted molar refractivity (Wildman–Crippen MR) is 135 cm³/mol. The first-order valence-electron chi connectivity index (χ1n) is 11.2. The van der Waals surface area contributed by atoms with Crippen LogP contribution in [0.4, 0.5) is 13.2 Å². The molecule has 1 aliphatic rings. The minimum Gasteiger partial charge on any atom is -0.401 e. The number of allylic oxidation sites excluding steroid dienone is 1.